The van der Waals surface area contributed by atoms with Crippen LogP contribution >= 0.6 is 0 Å². The van der Waals surface area contributed by atoms with Crippen molar-refractivity contribution in [2.45, 2.75) is 20.4 Å². The number of hydrogen-bond donors (Lipinski definition) is 1. The summed E-state index contributed by atoms with van der Waals surface area (Å²) in [5.41, 5.74) is 2.77. The minimum atomic E-state index is 0.523. The van der Waals surface area contributed by atoms with Gasteiger partial charge in [0.15, 0.2) is 5.82 Å². The highest BCUT2D eigenvalue weighted by Crippen LogP contribution is 2.20. The number of nitrogens with one attached hydrogen (secondary N) is 1. The molecular formula is C11H14N4O. The van der Waals surface area contributed by atoms with Crippen LogP contribution in [-0.4, -0.2) is 22.2 Å². The van der Waals surface area contributed by atoms with Gasteiger partial charge in [-0.1, -0.05) is 5.16 Å². The maximum atomic E-state index is 5.18. The van der Waals surface area contributed by atoms with Crippen LogP contribution in [0.5, 0.6) is 0 Å². The highest BCUT2D eigenvalue weighted by molar-refractivity contribution is 5.55. The van der Waals surface area contributed by atoms with Crippen molar-refractivity contribution in [3.63, 3.8) is 0 Å². The fourth-order valence-corrected chi connectivity index (χ4v) is 1.51. The molecule has 0 saturated heterocycles. The molecule has 0 fully saturated rings. The smallest absolute Gasteiger partial charge is 0.259 e. The number of aryl methyl sites for hydroxylation is 2. The molecule has 0 aromatic carbocycles. The Morgan fingerprint density at radius 2 is 2.06 bits per heavy atom. The van der Waals surface area contributed by atoms with Gasteiger partial charge in [-0.25, -0.2) is 0 Å². The van der Waals surface area contributed by atoms with E-state index in [0.717, 1.165) is 17.0 Å². The maximum absolute atomic E-state index is 5.18. The molecule has 0 radical (unpaired) electrons. The van der Waals surface area contributed by atoms with Gasteiger partial charge in [0.1, 0.15) is 0 Å². The van der Waals surface area contributed by atoms with E-state index in [1.807, 2.05) is 33.0 Å². The van der Waals surface area contributed by atoms with Gasteiger partial charge in [-0.15, -0.1) is 0 Å². The van der Waals surface area contributed by atoms with Crippen molar-refractivity contribution in [1.29, 1.82) is 0 Å². The van der Waals surface area contributed by atoms with E-state index in [0.29, 0.717) is 18.3 Å². The summed E-state index contributed by atoms with van der Waals surface area (Å²) in [6, 6.07) is 3.89. The molecule has 16 heavy (non-hydrogen) atoms. The van der Waals surface area contributed by atoms with Crippen LogP contribution < -0.4 is 5.32 Å². The van der Waals surface area contributed by atoms with Crippen molar-refractivity contribution in [2.24, 2.45) is 0 Å². The Hall–Kier alpha value is -1.75. The van der Waals surface area contributed by atoms with Crippen molar-refractivity contribution in [2.75, 3.05) is 7.05 Å². The van der Waals surface area contributed by atoms with E-state index in [1.165, 1.54) is 0 Å². The molecule has 0 bridgehead atoms. The summed E-state index contributed by atoms with van der Waals surface area (Å²) >= 11 is 0. The second-order valence-electron chi connectivity index (χ2n) is 3.63. The summed E-state index contributed by atoms with van der Waals surface area (Å²) in [5, 5.41) is 6.84. The Morgan fingerprint density at radius 3 is 2.75 bits per heavy atom. The first kappa shape index (κ1) is 10.8. The van der Waals surface area contributed by atoms with Crippen molar-refractivity contribution < 1.29 is 4.52 Å². The summed E-state index contributed by atoms with van der Waals surface area (Å²) in [4.78, 5) is 8.64. The molecule has 5 heteroatoms. The van der Waals surface area contributed by atoms with Crippen LogP contribution in [0.25, 0.3) is 11.5 Å². The molecule has 5 nitrogen and oxygen atoms in total. The third kappa shape index (κ3) is 2.09. The van der Waals surface area contributed by atoms with Crippen molar-refractivity contribution in [3.8, 4) is 11.5 Å². The van der Waals surface area contributed by atoms with Crippen LogP contribution in [0, 0.1) is 13.8 Å². The molecule has 0 aliphatic carbocycles. The number of hydrogen-bond acceptors (Lipinski definition) is 5. The van der Waals surface area contributed by atoms with Crippen molar-refractivity contribution in [3.05, 3.63) is 29.3 Å². The molecule has 84 valence electrons. The first-order chi connectivity index (χ1) is 7.70. The van der Waals surface area contributed by atoms with Crippen LogP contribution in [0.1, 0.15) is 17.2 Å². The van der Waals surface area contributed by atoms with Gasteiger partial charge in [-0.05, 0) is 33.0 Å². The number of nitrogens with zero attached hydrogens (tertiary/aromatic N) is 3. The molecule has 0 saturated carbocycles. The summed E-state index contributed by atoms with van der Waals surface area (Å²) < 4.78 is 5.18. The molecule has 0 amide bonds. The van der Waals surface area contributed by atoms with E-state index in [9.17, 15) is 0 Å². The molecule has 0 aliphatic rings. The zero-order chi connectivity index (χ0) is 11.5. The van der Waals surface area contributed by atoms with Crippen molar-refractivity contribution >= 4 is 0 Å². The molecule has 2 aromatic rings. The van der Waals surface area contributed by atoms with Gasteiger partial charge < -0.3 is 9.84 Å². The Kier molecular flexibility index (Phi) is 2.96. The van der Waals surface area contributed by atoms with E-state index in [4.69, 9.17) is 4.52 Å². The van der Waals surface area contributed by atoms with E-state index in [2.05, 4.69) is 20.4 Å². The molecular weight excluding hydrogens is 204 g/mol. The molecule has 0 unspecified atom stereocenters. The lowest BCUT2D eigenvalue weighted by Gasteiger charge is -2.00. The topological polar surface area (TPSA) is 63.8 Å². The molecule has 0 aliphatic heterocycles. The lowest BCUT2D eigenvalue weighted by Crippen LogP contribution is -2.06. The van der Waals surface area contributed by atoms with Gasteiger partial charge in [0, 0.05) is 5.69 Å². The maximum Gasteiger partial charge on any atom is 0.259 e. The highest BCUT2D eigenvalue weighted by Gasteiger charge is 2.11. The Balaban J connectivity index is 2.35. The van der Waals surface area contributed by atoms with Gasteiger partial charge in [0.05, 0.1) is 17.8 Å². The average molecular weight is 218 g/mol. The molecule has 2 aromatic heterocycles. The van der Waals surface area contributed by atoms with E-state index in [-0.39, 0.29) is 0 Å². The summed E-state index contributed by atoms with van der Waals surface area (Å²) in [5.74, 6) is 1.17. The van der Waals surface area contributed by atoms with Gasteiger partial charge in [0.25, 0.3) is 5.89 Å². The molecule has 2 heterocycles. The number of rotatable bonds is 3. The standard InChI is InChI=1S/C11H14N4O/c1-7-4-5-9(8(2)13-7)11-14-10(6-12-3)15-16-11/h4-5,12H,6H2,1-3H3. The Labute approximate surface area is 93.9 Å². The zero-order valence-corrected chi connectivity index (χ0v) is 9.61. The monoisotopic (exact) mass is 218 g/mol. The average Bonchev–Trinajstić information content (AvgIpc) is 2.67. The molecule has 0 atom stereocenters. The van der Waals surface area contributed by atoms with Gasteiger partial charge in [0.2, 0.25) is 0 Å². The predicted octanol–water partition coefficient (Wildman–Crippen LogP) is 1.47. The highest BCUT2D eigenvalue weighted by atomic mass is 16.5. The quantitative estimate of drug-likeness (QED) is 0.845. The Bertz CT molecular complexity index is 492. The first-order valence-corrected chi connectivity index (χ1v) is 5.12. The van der Waals surface area contributed by atoms with Crippen LogP contribution in [0.15, 0.2) is 16.7 Å². The molecule has 1 N–H and O–H groups in total. The minimum absolute atomic E-state index is 0.523. The third-order valence-corrected chi connectivity index (χ3v) is 2.26. The summed E-state index contributed by atoms with van der Waals surface area (Å²) in [6.07, 6.45) is 0. The largest absolute Gasteiger partial charge is 0.334 e. The SMILES string of the molecule is CNCc1noc(-c2ccc(C)nc2C)n1. The second-order valence-corrected chi connectivity index (χ2v) is 3.63. The normalized spacial score (nSPS) is 10.7. The van der Waals surface area contributed by atoms with E-state index < -0.39 is 0 Å². The molecule has 2 rings (SSSR count). The van der Waals surface area contributed by atoms with Crippen molar-refractivity contribution in [1.82, 2.24) is 20.4 Å². The third-order valence-electron chi connectivity index (χ3n) is 2.26. The zero-order valence-electron chi connectivity index (χ0n) is 9.61. The fourth-order valence-electron chi connectivity index (χ4n) is 1.51. The fraction of sp³-hybridized carbons (Fsp3) is 0.364. The minimum Gasteiger partial charge on any atom is -0.334 e. The van der Waals surface area contributed by atoms with Gasteiger partial charge >= 0.3 is 0 Å². The van der Waals surface area contributed by atoms with Crippen LogP contribution in [0.3, 0.4) is 0 Å². The van der Waals surface area contributed by atoms with E-state index >= 15 is 0 Å². The second kappa shape index (κ2) is 4.40. The molecule has 0 spiro atoms. The summed E-state index contributed by atoms with van der Waals surface area (Å²) in [7, 11) is 1.84. The predicted molar refractivity (Wildman–Crippen MR) is 59.8 cm³/mol. The van der Waals surface area contributed by atoms with Gasteiger partial charge in [-0.3, -0.25) is 4.98 Å². The lowest BCUT2D eigenvalue weighted by atomic mass is 10.2. The summed E-state index contributed by atoms with van der Waals surface area (Å²) in [6.45, 7) is 4.49. The Morgan fingerprint density at radius 1 is 1.25 bits per heavy atom. The number of pyridine rings is 1. The first-order valence-electron chi connectivity index (χ1n) is 5.12. The van der Waals surface area contributed by atoms with Crippen LogP contribution in [0.2, 0.25) is 0 Å². The van der Waals surface area contributed by atoms with Crippen LogP contribution in [-0.2, 0) is 6.54 Å². The number of aromatic nitrogens is 3. The lowest BCUT2D eigenvalue weighted by molar-refractivity contribution is 0.420. The van der Waals surface area contributed by atoms with Crippen LogP contribution in [0.4, 0.5) is 0 Å². The van der Waals surface area contributed by atoms with E-state index in [1.54, 1.807) is 0 Å². The van der Waals surface area contributed by atoms with Gasteiger partial charge in [-0.2, -0.15) is 4.98 Å².